The van der Waals surface area contributed by atoms with E-state index in [4.69, 9.17) is 4.42 Å². The van der Waals surface area contributed by atoms with Crippen LogP contribution in [-0.4, -0.2) is 89.2 Å². The van der Waals surface area contributed by atoms with Gasteiger partial charge in [-0.2, -0.15) is 13.1 Å². The molecule has 1 aliphatic carbocycles. The fourth-order valence-corrected chi connectivity index (χ4v) is 8.42. The first-order valence-corrected chi connectivity index (χ1v) is 17.6. The third-order valence-corrected chi connectivity index (χ3v) is 12.0. The van der Waals surface area contributed by atoms with Gasteiger partial charge in [-0.05, 0) is 62.7 Å². The van der Waals surface area contributed by atoms with E-state index >= 15 is 0 Å². The van der Waals surface area contributed by atoms with Crippen molar-refractivity contribution in [3.63, 3.8) is 0 Å². The van der Waals surface area contributed by atoms with Crippen molar-refractivity contribution in [2.75, 3.05) is 57.5 Å². The summed E-state index contributed by atoms with van der Waals surface area (Å²) in [7, 11) is -0.0201. The van der Waals surface area contributed by atoms with Gasteiger partial charge in [-0.1, -0.05) is 20.8 Å². The molecule has 2 fully saturated rings. The molecule has 2 aliphatic rings. The number of anilines is 3. The highest BCUT2D eigenvalue weighted by atomic mass is 32.2. The Morgan fingerprint density at radius 2 is 1.88 bits per heavy atom. The average Bonchev–Trinajstić information content (AvgIpc) is 3.33. The second-order valence-corrected chi connectivity index (χ2v) is 16.1. The van der Waals surface area contributed by atoms with E-state index in [1.165, 1.54) is 16.3 Å². The minimum absolute atomic E-state index is 0.00461. The molecule has 4 heterocycles. The van der Waals surface area contributed by atoms with E-state index in [0.29, 0.717) is 11.6 Å². The number of nitrogens with one attached hydrogen (secondary N) is 2. The number of nitrogens with zero attached hydrogens (tertiary/aromatic N) is 5. The van der Waals surface area contributed by atoms with Crippen LogP contribution in [-0.2, 0) is 16.4 Å². The maximum absolute atomic E-state index is 13.0. The highest BCUT2D eigenvalue weighted by Crippen LogP contribution is 2.44. The zero-order chi connectivity index (χ0) is 30.1. The Kier molecular flexibility index (Phi) is 9.50. The maximum atomic E-state index is 13.0. The van der Waals surface area contributed by atoms with Crippen molar-refractivity contribution in [2.24, 2.45) is 5.41 Å². The quantitative estimate of drug-likeness (QED) is 0.215. The largest absolute Gasteiger partial charge is 0.504 e. The summed E-state index contributed by atoms with van der Waals surface area (Å²) in [5, 5.41) is 19.0. The molecular formula is C28H43N7O4S3. The first-order valence-electron chi connectivity index (χ1n) is 14.6. The molecule has 0 unspecified atom stereocenters. The van der Waals surface area contributed by atoms with Crippen LogP contribution in [0.1, 0.15) is 63.8 Å². The minimum Gasteiger partial charge on any atom is -0.504 e. The van der Waals surface area contributed by atoms with Gasteiger partial charge in [0.05, 0.1) is 29.7 Å². The van der Waals surface area contributed by atoms with Gasteiger partial charge in [0.2, 0.25) is 0 Å². The van der Waals surface area contributed by atoms with E-state index in [1.54, 1.807) is 12.4 Å². The van der Waals surface area contributed by atoms with Gasteiger partial charge in [-0.3, -0.25) is 0 Å². The first kappa shape index (κ1) is 31.2. The second-order valence-electron chi connectivity index (χ2n) is 12.5. The summed E-state index contributed by atoms with van der Waals surface area (Å²) in [6.45, 7) is 12.1. The molecule has 3 N–H and O–H groups in total. The lowest BCUT2D eigenvalue weighted by atomic mass is 9.85. The number of aromatic nitrogens is 2. The molecule has 1 atom stereocenters. The lowest BCUT2D eigenvalue weighted by molar-refractivity contribution is 0.152. The fraction of sp³-hybridized carbons (Fsp3) is 0.643. The van der Waals surface area contributed by atoms with Crippen molar-refractivity contribution < 1.29 is 17.9 Å². The summed E-state index contributed by atoms with van der Waals surface area (Å²) >= 11 is 2.02. The van der Waals surface area contributed by atoms with E-state index in [2.05, 4.69) is 63.1 Å². The standard InChI is InChI=1S/C28H43N7O4S3/c1-28(2,3)24(22-16-19(17-39-22)8-6-7-11-35-14-12-33(4)13-15-35)30-26-25(31-41-32-26)29-21-18-40-27(23(21)36)42(37,38)34(5)20-9-10-20/h16-18,20,24,36H,6-15H2,1-5H3,(H,29,31)(H,30,32)/t24-/m0/s1. The SMILES string of the molecule is CN1CCN(CCCCc2coc([C@H](Nc3nsnc3Nc3csc(S(=O)(=O)N(C)C4CC4)c3O)C(C)(C)C)c2)CC1. The Hall–Kier alpha value is -2.23. The van der Waals surface area contributed by atoms with Crippen LogP contribution in [0.4, 0.5) is 17.3 Å². The van der Waals surface area contributed by atoms with E-state index in [0.717, 1.165) is 87.2 Å². The zero-order valence-corrected chi connectivity index (χ0v) is 27.5. The predicted molar refractivity (Wildman–Crippen MR) is 169 cm³/mol. The first-order chi connectivity index (χ1) is 19.9. The number of likely N-dealkylation sites (N-methyl/N-ethyl adjacent to an activating group) is 1. The smallest absolute Gasteiger partial charge is 0.256 e. The summed E-state index contributed by atoms with van der Waals surface area (Å²) < 4.78 is 42.2. The molecule has 1 aliphatic heterocycles. The number of hydrogen-bond acceptors (Lipinski definition) is 12. The van der Waals surface area contributed by atoms with Crippen molar-refractivity contribution in [2.45, 2.75) is 69.2 Å². The lowest BCUT2D eigenvalue weighted by Crippen LogP contribution is -2.44. The van der Waals surface area contributed by atoms with Crippen LogP contribution in [0.25, 0.3) is 0 Å². The molecule has 1 saturated carbocycles. The Bertz CT molecular complexity index is 1430. The molecule has 11 nitrogen and oxygen atoms in total. The Morgan fingerprint density at radius 1 is 1.17 bits per heavy atom. The third kappa shape index (κ3) is 7.28. The molecule has 232 valence electrons. The maximum Gasteiger partial charge on any atom is 0.256 e. The van der Waals surface area contributed by atoms with Crippen molar-refractivity contribution in [3.8, 4) is 5.75 Å². The van der Waals surface area contributed by atoms with Gasteiger partial charge in [0.25, 0.3) is 10.0 Å². The molecule has 0 spiro atoms. The van der Waals surface area contributed by atoms with Gasteiger partial charge >= 0.3 is 0 Å². The van der Waals surface area contributed by atoms with Crippen molar-refractivity contribution >= 4 is 50.4 Å². The van der Waals surface area contributed by atoms with Gasteiger partial charge < -0.3 is 30.0 Å². The van der Waals surface area contributed by atoms with Gasteiger partial charge in [0.1, 0.15) is 5.76 Å². The molecule has 0 bridgehead atoms. The number of sulfonamides is 1. The van der Waals surface area contributed by atoms with Gasteiger partial charge in [-0.15, -0.1) is 11.3 Å². The highest BCUT2D eigenvalue weighted by Gasteiger charge is 2.38. The normalized spacial score (nSPS) is 18.0. The zero-order valence-electron chi connectivity index (χ0n) is 25.1. The van der Waals surface area contributed by atoms with Gasteiger partial charge in [-0.25, -0.2) is 8.42 Å². The Balaban J connectivity index is 1.22. The monoisotopic (exact) mass is 637 g/mol. The molecule has 1 saturated heterocycles. The van der Waals surface area contributed by atoms with Crippen LogP contribution in [0.5, 0.6) is 5.75 Å². The van der Waals surface area contributed by atoms with Crippen LogP contribution >= 0.6 is 23.1 Å². The number of aromatic hydroxyl groups is 1. The van der Waals surface area contributed by atoms with Gasteiger partial charge in [0, 0.05) is 44.6 Å². The summed E-state index contributed by atoms with van der Waals surface area (Å²) in [5.41, 5.74) is 1.25. The summed E-state index contributed by atoms with van der Waals surface area (Å²) in [6.07, 6.45) is 6.79. The summed E-state index contributed by atoms with van der Waals surface area (Å²) in [4.78, 5) is 4.93. The topological polar surface area (TPSA) is 127 Å². The molecule has 0 radical (unpaired) electrons. The van der Waals surface area contributed by atoms with Gasteiger partial charge in [0.15, 0.2) is 21.6 Å². The minimum atomic E-state index is -3.77. The Morgan fingerprint density at radius 3 is 2.57 bits per heavy atom. The van der Waals surface area contributed by atoms with Crippen LogP contribution < -0.4 is 10.6 Å². The molecule has 42 heavy (non-hydrogen) atoms. The number of unbranched alkanes of at least 4 members (excludes halogenated alkanes) is 1. The van der Waals surface area contributed by atoms with E-state index in [9.17, 15) is 13.5 Å². The van der Waals surface area contributed by atoms with Crippen LogP contribution in [0.15, 0.2) is 26.3 Å². The van der Waals surface area contributed by atoms with E-state index in [1.807, 2.05) is 6.26 Å². The fourth-order valence-electron chi connectivity index (χ4n) is 5.13. The van der Waals surface area contributed by atoms with Crippen LogP contribution in [0.3, 0.4) is 0 Å². The lowest BCUT2D eigenvalue weighted by Gasteiger charge is -2.32. The molecule has 0 aromatic carbocycles. The molecule has 3 aromatic rings. The Labute approximate surface area is 257 Å². The molecule has 14 heteroatoms. The van der Waals surface area contributed by atoms with E-state index in [-0.39, 0.29) is 33.1 Å². The van der Waals surface area contributed by atoms with E-state index < -0.39 is 10.0 Å². The third-order valence-electron chi connectivity index (χ3n) is 8.04. The number of hydrogen-bond donors (Lipinski definition) is 3. The number of aryl methyl sites for hydroxylation is 1. The summed E-state index contributed by atoms with van der Waals surface area (Å²) in [5.74, 6) is 1.44. The number of piperazine rings is 1. The van der Waals surface area contributed by atoms with Crippen molar-refractivity contribution in [3.05, 3.63) is 29.0 Å². The number of furan rings is 1. The van der Waals surface area contributed by atoms with Crippen LogP contribution in [0, 0.1) is 5.41 Å². The number of rotatable bonds is 13. The predicted octanol–water partition coefficient (Wildman–Crippen LogP) is 5.19. The summed E-state index contributed by atoms with van der Waals surface area (Å²) in [6, 6.07) is 1.94. The molecular weight excluding hydrogens is 595 g/mol. The molecule has 5 rings (SSSR count). The highest BCUT2D eigenvalue weighted by molar-refractivity contribution is 7.91. The molecule has 3 aromatic heterocycles. The van der Waals surface area contributed by atoms with Crippen molar-refractivity contribution in [1.82, 2.24) is 22.9 Å². The van der Waals surface area contributed by atoms with Crippen molar-refractivity contribution in [1.29, 1.82) is 0 Å². The van der Waals surface area contributed by atoms with Crippen LogP contribution in [0.2, 0.25) is 0 Å². The number of thiophene rings is 1. The average molecular weight is 638 g/mol. The second kappa shape index (κ2) is 12.8. The molecule has 0 amide bonds.